The van der Waals surface area contributed by atoms with Crippen molar-refractivity contribution in [1.29, 1.82) is 0 Å². The predicted molar refractivity (Wildman–Crippen MR) is 54.9 cm³/mol. The summed E-state index contributed by atoms with van der Waals surface area (Å²) in [5.74, 6) is 0.573. The molecule has 0 unspecified atom stereocenters. The van der Waals surface area contributed by atoms with Crippen molar-refractivity contribution in [1.82, 2.24) is 9.97 Å². The number of rotatable bonds is 6. The number of ether oxygens (including phenoxy) is 1. The van der Waals surface area contributed by atoms with Crippen molar-refractivity contribution in [3.05, 3.63) is 18.1 Å². The molecule has 0 fully saturated rings. The molecule has 0 radical (unpaired) electrons. The van der Waals surface area contributed by atoms with E-state index in [1.54, 1.807) is 12.4 Å². The molecule has 1 aromatic heterocycles. The molecule has 1 aromatic rings. The highest BCUT2D eigenvalue weighted by Crippen LogP contribution is 2.05. The average Bonchev–Trinajstić information content (AvgIpc) is 2.25. The van der Waals surface area contributed by atoms with Gasteiger partial charge in [0, 0.05) is 12.7 Å². The van der Waals surface area contributed by atoms with Gasteiger partial charge < -0.3 is 10.5 Å². The molecule has 14 heavy (non-hydrogen) atoms. The molecular weight excluding hydrogens is 178 g/mol. The molecule has 1 rings (SSSR count). The number of hydrogen-bond donors (Lipinski definition) is 1. The lowest BCUT2D eigenvalue weighted by Crippen LogP contribution is -2.04. The molecular formula is C10H17N3O. The maximum absolute atomic E-state index is 5.44. The minimum Gasteiger partial charge on any atom is -0.477 e. The molecule has 0 aliphatic carbocycles. The smallest absolute Gasteiger partial charge is 0.232 e. The summed E-state index contributed by atoms with van der Waals surface area (Å²) in [7, 11) is 0. The van der Waals surface area contributed by atoms with Crippen LogP contribution in [0.3, 0.4) is 0 Å². The molecule has 0 aliphatic heterocycles. The fourth-order valence-corrected chi connectivity index (χ4v) is 1.08. The van der Waals surface area contributed by atoms with Crippen molar-refractivity contribution in [2.45, 2.75) is 32.7 Å². The first-order chi connectivity index (χ1) is 6.86. The fourth-order valence-electron chi connectivity index (χ4n) is 1.08. The van der Waals surface area contributed by atoms with Crippen molar-refractivity contribution in [3.8, 4) is 5.88 Å². The Hall–Kier alpha value is -1.16. The van der Waals surface area contributed by atoms with Crippen molar-refractivity contribution in [3.63, 3.8) is 0 Å². The van der Waals surface area contributed by atoms with Crippen LogP contribution in [-0.2, 0) is 6.54 Å². The SMILES string of the molecule is CCCCCOc1cncc(CN)n1. The van der Waals surface area contributed by atoms with Gasteiger partial charge in [0.15, 0.2) is 0 Å². The third-order valence-corrected chi connectivity index (χ3v) is 1.87. The molecule has 0 saturated carbocycles. The van der Waals surface area contributed by atoms with Gasteiger partial charge in [-0.05, 0) is 6.42 Å². The molecule has 0 aromatic carbocycles. The lowest BCUT2D eigenvalue weighted by Gasteiger charge is -2.04. The van der Waals surface area contributed by atoms with Gasteiger partial charge >= 0.3 is 0 Å². The summed E-state index contributed by atoms with van der Waals surface area (Å²) in [6.07, 6.45) is 6.71. The highest BCUT2D eigenvalue weighted by molar-refractivity contribution is 5.07. The zero-order chi connectivity index (χ0) is 10.2. The van der Waals surface area contributed by atoms with E-state index >= 15 is 0 Å². The molecule has 0 spiro atoms. The number of nitrogens with two attached hydrogens (primary N) is 1. The molecule has 0 aliphatic rings. The first-order valence-corrected chi connectivity index (χ1v) is 5.00. The normalized spacial score (nSPS) is 10.1. The van der Waals surface area contributed by atoms with E-state index in [-0.39, 0.29) is 0 Å². The Morgan fingerprint density at radius 3 is 2.93 bits per heavy atom. The maximum atomic E-state index is 5.44. The van der Waals surface area contributed by atoms with Crippen LogP contribution < -0.4 is 10.5 Å². The minimum atomic E-state index is 0.402. The summed E-state index contributed by atoms with van der Waals surface area (Å²) in [5.41, 5.74) is 6.20. The van der Waals surface area contributed by atoms with E-state index in [0.29, 0.717) is 19.0 Å². The van der Waals surface area contributed by atoms with Gasteiger partial charge in [0.25, 0.3) is 0 Å². The van der Waals surface area contributed by atoms with Gasteiger partial charge in [0.2, 0.25) is 5.88 Å². The van der Waals surface area contributed by atoms with Crippen LogP contribution in [0, 0.1) is 0 Å². The largest absolute Gasteiger partial charge is 0.477 e. The first kappa shape index (κ1) is 10.9. The average molecular weight is 195 g/mol. The van der Waals surface area contributed by atoms with Crippen molar-refractivity contribution in [2.24, 2.45) is 5.73 Å². The highest BCUT2D eigenvalue weighted by Gasteiger charge is 1.97. The third kappa shape index (κ3) is 3.70. The van der Waals surface area contributed by atoms with E-state index in [1.165, 1.54) is 12.8 Å². The van der Waals surface area contributed by atoms with Gasteiger partial charge in [-0.2, -0.15) is 0 Å². The zero-order valence-electron chi connectivity index (χ0n) is 8.57. The molecule has 4 nitrogen and oxygen atoms in total. The summed E-state index contributed by atoms with van der Waals surface area (Å²) in [6, 6.07) is 0. The van der Waals surface area contributed by atoms with Gasteiger partial charge in [0.05, 0.1) is 18.5 Å². The lowest BCUT2D eigenvalue weighted by atomic mass is 10.3. The number of unbranched alkanes of at least 4 members (excludes halogenated alkanes) is 2. The van der Waals surface area contributed by atoms with Gasteiger partial charge in [-0.3, -0.25) is 4.98 Å². The van der Waals surface area contributed by atoms with Crippen LogP contribution in [0.25, 0.3) is 0 Å². The lowest BCUT2D eigenvalue weighted by molar-refractivity contribution is 0.292. The zero-order valence-corrected chi connectivity index (χ0v) is 8.57. The van der Waals surface area contributed by atoms with E-state index in [4.69, 9.17) is 10.5 Å². The molecule has 2 N–H and O–H groups in total. The Kier molecular flexibility index (Phi) is 4.93. The van der Waals surface area contributed by atoms with E-state index in [1.807, 2.05) is 0 Å². The number of aromatic nitrogens is 2. The van der Waals surface area contributed by atoms with Crippen molar-refractivity contribution < 1.29 is 4.74 Å². The summed E-state index contributed by atoms with van der Waals surface area (Å²) >= 11 is 0. The second-order valence-corrected chi connectivity index (χ2v) is 3.11. The van der Waals surface area contributed by atoms with E-state index in [2.05, 4.69) is 16.9 Å². The van der Waals surface area contributed by atoms with E-state index in [0.717, 1.165) is 12.1 Å². The quantitative estimate of drug-likeness (QED) is 0.699. The van der Waals surface area contributed by atoms with E-state index < -0.39 is 0 Å². The monoisotopic (exact) mass is 195 g/mol. The standard InChI is InChI=1S/C10H17N3O/c1-2-3-4-5-14-10-8-12-7-9(6-11)13-10/h7-8H,2-6,11H2,1H3. The fraction of sp³-hybridized carbons (Fsp3) is 0.600. The molecule has 78 valence electrons. The summed E-state index contributed by atoms with van der Waals surface area (Å²) < 4.78 is 5.42. The van der Waals surface area contributed by atoms with Crippen molar-refractivity contribution in [2.75, 3.05) is 6.61 Å². The number of nitrogens with zero attached hydrogens (tertiary/aromatic N) is 2. The van der Waals surface area contributed by atoms with Crippen LogP contribution in [0.5, 0.6) is 5.88 Å². The van der Waals surface area contributed by atoms with Crippen LogP contribution in [0.2, 0.25) is 0 Å². The second-order valence-electron chi connectivity index (χ2n) is 3.11. The van der Waals surface area contributed by atoms with E-state index in [9.17, 15) is 0 Å². The Labute approximate surface area is 84.5 Å². The van der Waals surface area contributed by atoms with Crippen LogP contribution >= 0.6 is 0 Å². The molecule has 0 saturated heterocycles. The topological polar surface area (TPSA) is 61.0 Å². The first-order valence-electron chi connectivity index (χ1n) is 5.00. The summed E-state index contributed by atoms with van der Waals surface area (Å²) in [4.78, 5) is 8.17. The second kappa shape index (κ2) is 6.32. The molecule has 0 bridgehead atoms. The van der Waals surface area contributed by atoms with Gasteiger partial charge in [-0.25, -0.2) is 4.98 Å². The van der Waals surface area contributed by atoms with Crippen LogP contribution in [0.15, 0.2) is 12.4 Å². The summed E-state index contributed by atoms with van der Waals surface area (Å²) in [6.45, 7) is 3.27. The van der Waals surface area contributed by atoms with Crippen molar-refractivity contribution >= 4 is 0 Å². The Morgan fingerprint density at radius 2 is 2.21 bits per heavy atom. The van der Waals surface area contributed by atoms with Gasteiger partial charge in [-0.15, -0.1) is 0 Å². The minimum absolute atomic E-state index is 0.402. The van der Waals surface area contributed by atoms with Crippen LogP contribution in [-0.4, -0.2) is 16.6 Å². The summed E-state index contributed by atoms with van der Waals surface area (Å²) in [5, 5.41) is 0. The molecule has 1 heterocycles. The maximum Gasteiger partial charge on any atom is 0.232 e. The molecule has 0 amide bonds. The third-order valence-electron chi connectivity index (χ3n) is 1.87. The molecule has 4 heteroatoms. The Morgan fingerprint density at radius 1 is 1.36 bits per heavy atom. The Balaban J connectivity index is 2.34. The van der Waals surface area contributed by atoms with Crippen LogP contribution in [0.4, 0.5) is 0 Å². The van der Waals surface area contributed by atoms with Crippen LogP contribution in [0.1, 0.15) is 31.9 Å². The highest BCUT2D eigenvalue weighted by atomic mass is 16.5. The molecule has 0 atom stereocenters. The number of hydrogen-bond acceptors (Lipinski definition) is 4. The predicted octanol–water partition coefficient (Wildman–Crippen LogP) is 1.50. The van der Waals surface area contributed by atoms with Gasteiger partial charge in [-0.1, -0.05) is 19.8 Å². The van der Waals surface area contributed by atoms with Gasteiger partial charge in [0.1, 0.15) is 0 Å². The Bertz CT molecular complexity index is 265.